The molecule has 0 atom stereocenters. The summed E-state index contributed by atoms with van der Waals surface area (Å²) < 4.78 is 39.7. The van der Waals surface area contributed by atoms with Gasteiger partial charge in [0.05, 0.1) is 5.41 Å². The summed E-state index contributed by atoms with van der Waals surface area (Å²) in [5, 5.41) is -0.971. The Morgan fingerprint density at radius 3 is 1.68 bits per heavy atom. The van der Waals surface area contributed by atoms with Crippen LogP contribution in [0.3, 0.4) is 0 Å². The maximum Gasteiger partial charge on any atom is 0.393 e. The van der Waals surface area contributed by atoms with E-state index in [1.54, 1.807) is 15.7 Å². The van der Waals surface area contributed by atoms with Crippen LogP contribution in [0.5, 0.6) is 0 Å². The van der Waals surface area contributed by atoms with Gasteiger partial charge in [0.1, 0.15) is 15.7 Å². The molecule has 0 nitrogen and oxygen atoms in total. The van der Waals surface area contributed by atoms with Crippen molar-refractivity contribution in [3.05, 3.63) is 35.4 Å². The zero-order valence-corrected chi connectivity index (χ0v) is 12.5. The molecule has 0 saturated carbocycles. The number of alkyl halides is 3. The van der Waals surface area contributed by atoms with Crippen molar-refractivity contribution in [1.29, 1.82) is 0 Å². The van der Waals surface area contributed by atoms with Crippen LogP contribution in [-0.2, 0) is 5.21 Å². The Balaban J connectivity index is 3.20. The zero-order valence-electron chi connectivity index (χ0n) is 12.5. The van der Waals surface area contributed by atoms with Crippen molar-refractivity contribution in [2.24, 2.45) is 5.41 Å². The predicted molar refractivity (Wildman–Crippen MR) is 79.1 cm³/mol. The first kappa shape index (κ1) is 16.2. The summed E-state index contributed by atoms with van der Waals surface area (Å²) in [5.41, 5.74) is 0.0860. The summed E-state index contributed by atoms with van der Waals surface area (Å²) in [7, 11) is 3.32. The van der Waals surface area contributed by atoms with Gasteiger partial charge in [-0.1, -0.05) is 57.5 Å². The van der Waals surface area contributed by atoms with Crippen LogP contribution in [0.1, 0.15) is 44.7 Å². The molecule has 1 aromatic rings. The molecule has 19 heavy (non-hydrogen) atoms. The van der Waals surface area contributed by atoms with E-state index in [2.05, 4.69) is 13.8 Å². The molecule has 104 valence electrons. The molecule has 0 heterocycles. The number of rotatable bonds is 3. The summed E-state index contributed by atoms with van der Waals surface area (Å²) in [6.07, 6.45) is -4.23. The summed E-state index contributed by atoms with van der Waals surface area (Å²) in [5.74, 6) is 0.382. The van der Waals surface area contributed by atoms with Gasteiger partial charge in [-0.05, 0) is 16.7 Å². The van der Waals surface area contributed by atoms with Crippen molar-refractivity contribution >= 4 is 15.7 Å². The molecule has 0 fully saturated rings. The number of hydrogen-bond donors (Lipinski definition) is 0. The largest absolute Gasteiger partial charge is 0.393 e. The van der Waals surface area contributed by atoms with Gasteiger partial charge in [-0.25, -0.2) is 0 Å². The Morgan fingerprint density at radius 1 is 0.947 bits per heavy atom. The molecule has 0 aliphatic heterocycles. The van der Waals surface area contributed by atoms with E-state index in [4.69, 9.17) is 0 Å². The second-order valence-electron chi connectivity index (χ2n) is 6.52. The van der Waals surface area contributed by atoms with Crippen molar-refractivity contribution in [3.8, 4) is 0 Å². The van der Waals surface area contributed by atoms with Gasteiger partial charge in [-0.15, -0.1) is 0 Å². The van der Waals surface area contributed by atoms with Gasteiger partial charge in [0.2, 0.25) is 0 Å². The second-order valence-corrected chi connectivity index (χ2v) is 6.52. The van der Waals surface area contributed by atoms with Gasteiger partial charge >= 0.3 is 6.18 Å². The fraction of sp³-hybridized carbons (Fsp3) is 0.571. The van der Waals surface area contributed by atoms with E-state index in [1.165, 1.54) is 13.8 Å². The van der Waals surface area contributed by atoms with Gasteiger partial charge in [-0.2, -0.15) is 13.2 Å². The summed E-state index contributed by atoms with van der Waals surface area (Å²) >= 11 is 0. The molecule has 0 radical (unpaired) electrons. The number of hydrogen-bond acceptors (Lipinski definition) is 0. The lowest BCUT2D eigenvalue weighted by atomic mass is 9.40. The van der Waals surface area contributed by atoms with Crippen LogP contribution >= 0.6 is 0 Å². The van der Waals surface area contributed by atoms with Crippen LogP contribution in [0.25, 0.3) is 0 Å². The highest BCUT2D eigenvalue weighted by atomic mass is 19.4. The quantitative estimate of drug-likeness (QED) is 0.739. The molecule has 0 unspecified atom stereocenters. The second kappa shape index (κ2) is 4.92. The third-order valence-electron chi connectivity index (χ3n) is 4.57. The maximum atomic E-state index is 13.2. The van der Waals surface area contributed by atoms with Gasteiger partial charge in [0.25, 0.3) is 0 Å². The third kappa shape index (κ3) is 2.85. The zero-order chi connectivity index (χ0) is 15.1. The van der Waals surface area contributed by atoms with Crippen molar-refractivity contribution in [1.82, 2.24) is 0 Å². The number of benzene rings is 1. The summed E-state index contributed by atoms with van der Waals surface area (Å²) in [6, 6.07) is 7.49. The van der Waals surface area contributed by atoms with Crippen molar-refractivity contribution in [2.45, 2.75) is 45.0 Å². The van der Waals surface area contributed by atoms with Gasteiger partial charge < -0.3 is 0 Å². The normalized spacial score (nSPS) is 13.9. The third-order valence-corrected chi connectivity index (χ3v) is 4.57. The fourth-order valence-corrected chi connectivity index (χ4v) is 2.00. The predicted octanol–water partition coefficient (Wildman–Crippen LogP) is 2.82. The average molecular weight is 268 g/mol. The van der Waals surface area contributed by atoms with E-state index in [9.17, 15) is 13.2 Å². The highest BCUT2D eigenvalue weighted by Gasteiger charge is 2.56. The van der Waals surface area contributed by atoms with E-state index >= 15 is 0 Å². The molecule has 5 heteroatoms. The molecule has 0 bridgehead atoms. The summed E-state index contributed by atoms with van der Waals surface area (Å²) in [4.78, 5) is 0. The van der Waals surface area contributed by atoms with Crippen molar-refractivity contribution in [3.63, 3.8) is 0 Å². The lowest BCUT2D eigenvalue weighted by Gasteiger charge is -2.43. The highest BCUT2D eigenvalue weighted by molar-refractivity contribution is 6.40. The molecular weight excluding hydrogens is 247 g/mol. The molecule has 0 saturated heterocycles. The molecule has 0 spiro atoms. The molecular formula is C14H21B2F3. The standard InChI is InChI=1S/C14H21B2F3/c1-9(2)10-5-7-11(8-6-10)13(15,16)12(3,4)14(17,18)19/h5-9H,15-16H2,1-4H3. The molecule has 0 aliphatic carbocycles. The maximum absolute atomic E-state index is 13.2. The highest BCUT2D eigenvalue weighted by Crippen LogP contribution is 2.48. The first-order valence-corrected chi connectivity index (χ1v) is 6.58. The topological polar surface area (TPSA) is 0 Å². The first-order valence-electron chi connectivity index (χ1n) is 6.58. The van der Waals surface area contributed by atoms with Gasteiger partial charge in [0, 0.05) is 0 Å². The average Bonchev–Trinajstić information content (AvgIpc) is 2.27. The minimum absolute atomic E-state index is 0.382. The first-order chi connectivity index (χ1) is 8.41. The Labute approximate surface area is 115 Å². The Kier molecular flexibility index (Phi) is 4.19. The Bertz CT molecular complexity index is 431. The van der Waals surface area contributed by atoms with Crippen LogP contribution < -0.4 is 0 Å². The van der Waals surface area contributed by atoms with Crippen molar-refractivity contribution < 1.29 is 13.2 Å². The molecule has 0 aliphatic rings. The van der Waals surface area contributed by atoms with E-state index < -0.39 is 16.8 Å². The number of halogens is 3. The molecule has 0 N–H and O–H groups in total. The van der Waals surface area contributed by atoms with Gasteiger partial charge in [0.15, 0.2) is 0 Å². The van der Waals surface area contributed by atoms with Crippen LogP contribution in [-0.4, -0.2) is 21.9 Å². The Hall–Kier alpha value is -0.860. The summed E-state index contributed by atoms with van der Waals surface area (Å²) in [6.45, 7) is 6.67. The van der Waals surface area contributed by atoms with Crippen LogP contribution in [0.15, 0.2) is 24.3 Å². The SMILES string of the molecule is BC(B)(c1ccc(C(C)C)cc1)C(C)(C)C(F)(F)F. The lowest BCUT2D eigenvalue weighted by molar-refractivity contribution is -0.217. The van der Waals surface area contributed by atoms with E-state index in [1.807, 2.05) is 24.3 Å². The molecule has 1 aromatic carbocycles. The minimum Gasteiger partial charge on any atom is -0.171 e. The van der Waals surface area contributed by atoms with E-state index in [-0.39, 0.29) is 0 Å². The Morgan fingerprint density at radius 2 is 1.37 bits per heavy atom. The van der Waals surface area contributed by atoms with E-state index in [0.29, 0.717) is 5.92 Å². The smallest absolute Gasteiger partial charge is 0.171 e. The van der Waals surface area contributed by atoms with Crippen LogP contribution in [0, 0.1) is 5.41 Å². The monoisotopic (exact) mass is 268 g/mol. The molecule has 0 aromatic heterocycles. The van der Waals surface area contributed by atoms with E-state index in [0.717, 1.165) is 11.1 Å². The lowest BCUT2D eigenvalue weighted by Crippen LogP contribution is -2.52. The van der Waals surface area contributed by atoms with Crippen molar-refractivity contribution in [2.75, 3.05) is 0 Å². The minimum atomic E-state index is -4.23. The van der Waals surface area contributed by atoms with Gasteiger partial charge in [-0.3, -0.25) is 0 Å². The van der Waals surface area contributed by atoms with Crippen LogP contribution in [0.2, 0.25) is 0 Å². The fourth-order valence-electron chi connectivity index (χ4n) is 2.00. The molecule has 0 amide bonds. The molecule has 1 rings (SSSR count). The van der Waals surface area contributed by atoms with Crippen LogP contribution in [0.4, 0.5) is 13.2 Å².